The molecule has 2 aromatic rings. The summed E-state index contributed by atoms with van der Waals surface area (Å²) in [6.45, 7) is 5.98. The second-order valence-electron chi connectivity index (χ2n) is 4.35. The van der Waals surface area contributed by atoms with Crippen LogP contribution in [0.25, 0.3) is 0 Å². The predicted octanol–water partition coefficient (Wildman–Crippen LogP) is 1.30. The lowest BCUT2D eigenvalue weighted by atomic mass is 10.1. The normalized spacial score (nSPS) is 16.1. The van der Waals surface area contributed by atoms with Crippen molar-refractivity contribution in [2.45, 2.75) is 26.4 Å². The first-order valence-corrected chi connectivity index (χ1v) is 6.03. The standard InChI is InChI=1S/C12H16N4O/c1-2-15-7-4-12-10(8-15)11(14-17-12)9-16-6-3-5-13-16/h3,5-6H,2,4,7-9H2,1H3. The molecule has 90 valence electrons. The van der Waals surface area contributed by atoms with Crippen LogP contribution in [0, 0.1) is 0 Å². The molecule has 3 heterocycles. The molecule has 5 nitrogen and oxygen atoms in total. The van der Waals surface area contributed by atoms with Gasteiger partial charge in [-0.3, -0.25) is 9.58 Å². The van der Waals surface area contributed by atoms with E-state index in [9.17, 15) is 0 Å². The summed E-state index contributed by atoms with van der Waals surface area (Å²) in [4.78, 5) is 2.41. The van der Waals surface area contributed by atoms with Gasteiger partial charge in [0.2, 0.25) is 0 Å². The fraction of sp³-hybridized carbons (Fsp3) is 0.500. The van der Waals surface area contributed by atoms with Gasteiger partial charge in [0.25, 0.3) is 0 Å². The molecular formula is C12H16N4O. The molecule has 0 radical (unpaired) electrons. The Kier molecular flexibility index (Phi) is 2.68. The minimum Gasteiger partial charge on any atom is -0.361 e. The summed E-state index contributed by atoms with van der Waals surface area (Å²) in [6, 6.07) is 1.92. The van der Waals surface area contributed by atoms with Crippen LogP contribution < -0.4 is 0 Å². The van der Waals surface area contributed by atoms with E-state index in [2.05, 4.69) is 22.1 Å². The third kappa shape index (κ3) is 1.98. The highest BCUT2D eigenvalue weighted by atomic mass is 16.5. The van der Waals surface area contributed by atoms with E-state index in [0.29, 0.717) is 6.54 Å². The van der Waals surface area contributed by atoms with Crippen molar-refractivity contribution in [2.24, 2.45) is 0 Å². The summed E-state index contributed by atoms with van der Waals surface area (Å²) >= 11 is 0. The topological polar surface area (TPSA) is 47.1 Å². The molecular weight excluding hydrogens is 216 g/mol. The van der Waals surface area contributed by atoms with Crippen molar-refractivity contribution in [3.05, 3.63) is 35.5 Å². The Morgan fingerprint density at radius 1 is 1.47 bits per heavy atom. The molecule has 0 aromatic carbocycles. The van der Waals surface area contributed by atoms with Crippen molar-refractivity contribution in [3.8, 4) is 0 Å². The minimum absolute atomic E-state index is 0.698. The van der Waals surface area contributed by atoms with E-state index < -0.39 is 0 Å². The molecule has 0 N–H and O–H groups in total. The van der Waals surface area contributed by atoms with Gasteiger partial charge in [-0.1, -0.05) is 12.1 Å². The third-order valence-electron chi connectivity index (χ3n) is 3.31. The van der Waals surface area contributed by atoms with Crippen LogP contribution in [0.15, 0.2) is 23.0 Å². The van der Waals surface area contributed by atoms with Gasteiger partial charge >= 0.3 is 0 Å². The fourth-order valence-corrected chi connectivity index (χ4v) is 2.26. The predicted molar refractivity (Wildman–Crippen MR) is 62.5 cm³/mol. The van der Waals surface area contributed by atoms with Crippen LogP contribution in [0.1, 0.15) is 23.9 Å². The highest BCUT2D eigenvalue weighted by molar-refractivity contribution is 5.25. The molecule has 0 saturated heterocycles. The zero-order chi connectivity index (χ0) is 11.7. The maximum Gasteiger partial charge on any atom is 0.142 e. The van der Waals surface area contributed by atoms with Gasteiger partial charge in [0.05, 0.1) is 6.54 Å². The minimum atomic E-state index is 0.698. The number of hydrogen-bond donors (Lipinski definition) is 0. The lowest BCUT2D eigenvalue weighted by molar-refractivity contribution is 0.247. The van der Waals surface area contributed by atoms with Gasteiger partial charge in [0.1, 0.15) is 11.5 Å². The van der Waals surface area contributed by atoms with Crippen molar-refractivity contribution in [1.29, 1.82) is 0 Å². The molecule has 0 amide bonds. The molecule has 2 aromatic heterocycles. The number of hydrogen-bond acceptors (Lipinski definition) is 4. The van der Waals surface area contributed by atoms with E-state index in [0.717, 1.165) is 37.5 Å². The molecule has 0 unspecified atom stereocenters. The lowest BCUT2D eigenvalue weighted by Crippen LogP contribution is -2.30. The molecule has 1 aliphatic rings. The SMILES string of the molecule is CCN1CCc2onc(Cn3cccn3)c2C1. The zero-order valence-corrected chi connectivity index (χ0v) is 9.96. The maximum atomic E-state index is 5.41. The maximum absolute atomic E-state index is 5.41. The molecule has 5 heteroatoms. The highest BCUT2D eigenvalue weighted by Gasteiger charge is 2.23. The van der Waals surface area contributed by atoms with E-state index >= 15 is 0 Å². The van der Waals surface area contributed by atoms with Crippen LogP contribution in [0.4, 0.5) is 0 Å². The second-order valence-corrected chi connectivity index (χ2v) is 4.35. The van der Waals surface area contributed by atoms with Crippen LogP contribution in [-0.4, -0.2) is 32.9 Å². The Morgan fingerprint density at radius 2 is 2.41 bits per heavy atom. The van der Waals surface area contributed by atoms with Crippen molar-refractivity contribution < 1.29 is 4.52 Å². The van der Waals surface area contributed by atoms with Gasteiger partial charge in [-0.2, -0.15) is 5.10 Å². The number of aromatic nitrogens is 3. The number of fused-ring (bicyclic) bond motifs is 1. The molecule has 0 aliphatic carbocycles. The van der Waals surface area contributed by atoms with E-state index in [4.69, 9.17) is 4.52 Å². The summed E-state index contributed by atoms with van der Waals surface area (Å²) < 4.78 is 7.29. The van der Waals surface area contributed by atoms with Gasteiger partial charge in [0.15, 0.2) is 0 Å². The second kappa shape index (κ2) is 4.33. The van der Waals surface area contributed by atoms with Crippen LogP contribution in [-0.2, 0) is 19.5 Å². The Labute approximate surface area is 100 Å². The Bertz CT molecular complexity index is 489. The van der Waals surface area contributed by atoms with Crippen molar-refractivity contribution in [3.63, 3.8) is 0 Å². The van der Waals surface area contributed by atoms with E-state index in [1.807, 2.05) is 16.9 Å². The number of rotatable bonds is 3. The summed E-state index contributed by atoms with van der Waals surface area (Å²) in [5.74, 6) is 1.05. The third-order valence-corrected chi connectivity index (χ3v) is 3.31. The molecule has 3 rings (SSSR count). The summed E-state index contributed by atoms with van der Waals surface area (Å²) in [7, 11) is 0. The van der Waals surface area contributed by atoms with Crippen molar-refractivity contribution in [1.82, 2.24) is 19.8 Å². The highest BCUT2D eigenvalue weighted by Crippen LogP contribution is 2.22. The Hall–Kier alpha value is -1.62. The first-order valence-electron chi connectivity index (χ1n) is 6.03. The quantitative estimate of drug-likeness (QED) is 0.800. The molecule has 17 heavy (non-hydrogen) atoms. The average molecular weight is 232 g/mol. The molecule has 0 spiro atoms. The molecule has 1 aliphatic heterocycles. The van der Waals surface area contributed by atoms with Crippen LogP contribution >= 0.6 is 0 Å². The van der Waals surface area contributed by atoms with E-state index in [-0.39, 0.29) is 0 Å². The Balaban J connectivity index is 1.84. The van der Waals surface area contributed by atoms with Crippen LogP contribution in [0.5, 0.6) is 0 Å². The summed E-state index contributed by atoms with van der Waals surface area (Å²) in [6.07, 6.45) is 4.70. The molecule has 0 atom stereocenters. The largest absolute Gasteiger partial charge is 0.361 e. The molecule has 0 fully saturated rings. The first-order chi connectivity index (χ1) is 8.36. The summed E-state index contributed by atoms with van der Waals surface area (Å²) in [5, 5.41) is 8.38. The van der Waals surface area contributed by atoms with Gasteiger partial charge < -0.3 is 4.52 Å². The number of likely N-dealkylation sites (N-methyl/N-ethyl adjacent to an activating group) is 1. The Morgan fingerprint density at radius 3 is 3.18 bits per heavy atom. The smallest absolute Gasteiger partial charge is 0.142 e. The van der Waals surface area contributed by atoms with Gasteiger partial charge in [0, 0.05) is 37.5 Å². The van der Waals surface area contributed by atoms with Crippen LogP contribution in [0.2, 0.25) is 0 Å². The van der Waals surface area contributed by atoms with Gasteiger partial charge in [-0.15, -0.1) is 0 Å². The average Bonchev–Trinajstić information content (AvgIpc) is 2.99. The van der Waals surface area contributed by atoms with Crippen LogP contribution in [0.3, 0.4) is 0 Å². The fourth-order valence-electron chi connectivity index (χ4n) is 2.26. The van der Waals surface area contributed by atoms with Gasteiger partial charge in [-0.25, -0.2) is 0 Å². The van der Waals surface area contributed by atoms with Gasteiger partial charge in [-0.05, 0) is 12.6 Å². The number of nitrogens with zero attached hydrogens (tertiary/aromatic N) is 4. The van der Waals surface area contributed by atoms with E-state index in [1.54, 1.807) is 6.20 Å². The van der Waals surface area contributed by atoms with Crippen molar-refractivity contribution >= 4 is 0 Å². The summed E-state index contributed by atoms with van der Waals surface area (Å²) in [5.41, 5.74) is 2.27. The zero-order valence-electron chi connectivity index (χ0n) is 9.96. The van der Waals surface area contributed by atoms with E-state index in [1.165, 1.54) is 5.56 Å². The molecule has 0 bridgehead atoms. The van der Waals surface area contributed by atoms with Crippen molar-refractivity contribution in [2.75, 3.05) is 13.1 Å². The first kappa shape index (κ1) is 10.5. The lowest BCUT2D eigenvalue weighted by Gasteiger charge is -2.24. The molecule has 0 saturated carbocycles. The monoisotopic (exact) mass is 232 g/mol.